The second-order valence-electron chi connectivity index (χ2n) is 9.72. The van der Waals surface area contributed by atoms with Crippen molar-refractivity contribution in [3.63, 3.8) is 0 Å². The van der Waals surface area contributed by atoms with Crippen molar-refractivity contribution in [3.8, 4) is 0 Å². The molecule has 29 heavy (non-hydrogen) atoms. The van der Waals surface area contributed by atoms with Gasteiger partial charge < -0.3 is 24.2 Å². The molecule has 1 fully saturated rings. The quantitative estimate of drug-likeness (QED) is 0.557. The fourth-order valence-corrected chi connectivity index (χ4v) is 3.11. The molecule has 1 heterocycles. The Labute approximate surface area is 177 Å². The molecule has 0 aliphatic carbocycles. The molecule has 0 aromatic rings. The summed E-state index contributed by atoms with van der Waals surface area (Å²) in [7, 11) is 0. The highest BCUT2D eigenvalue weighted by molar-refractivity contribution is 5.69. The standard InChI is InChI=1S/C22H41N3O4/c1-8-9-10-11-12-23-13-15-24(19(26)28-21(2,3)4)17-18-25(16-14-23)20(27)29-22(5,6)7/h8H,1,9-18H2,2-7H3/p+1. The third kappa shape index (κ3) is 11.1. The average molecular weight is 413 g/mol. The summed E-state index contributed by atoms with van der Waals surface area (Å²) in [4.78, 5) is 30.1. The maximum absolute atomic E-state index is 12.7. The van der Waals surface area contributed by atoms with Crippen LogP contribution in [0.1, 0.15) is 60.8 Å². The lowest BCUT2D eigenvalue weighted by Gasteiger charge is -2.29. The number of ether oxygens (including phenoxy) is 2. The van der Waals surface area contributed by atoms with E-state index < -0.39 is 11.2 Å². The molecule has 0 aromatic heterocycles. The summed E-state index contributed by atoms with van der Waals surface area (Å²) in [5.41, 5.74) is -1.09. The molecule has 0 bridgehead atoms. The third-order valence-corrected chi connectivity index (χ3v) is 4.60. The summed E-state index contributed by atoms with van der Waals surface area (Å²) in [6.45, 7) is 19.8. The molecule has 1 N–H and O–H groups in total. The Hall–Kier alpha value is -1.76. The highest BCUT2D eigenvalue weighted by atomic mass is 16.6. The summed E-state index contributed by atoms with van der Waals surface area (Å²) in [6.07, 6.45) is 4.52. The van der Waals surface area contributed by atoms with Crippen molar-refractivity contribution in [2.75, 3.05) is 45.8 Å². The van der Waals surface area contributed by atoms with Crippen molar-refractivity contribution < 1.29 is 24.0 Å². The predicted octanol–water partition coefficient (Wildman–Crippen LogP) is 2.72. The minimum atomic E-state index is -0.544. The van der Waals surface area contributed by atoms with Gasteiger partial charge in [0.15, 0.2) is 0 Å². The van der Waals surface area contributed by atoms with Crippen LogP contribution in [-0.2, 0) is 9.47 Å². The third-order valence-electron chi connectivity index (χ3n) is 4.60. The lowest BCUT2D eigenvalue weighted by atomic mass is 10.2. The van der Waals surface area contributed by atoms with Gasteiger partial charge in [-0.15, -0.1) is 6.58 Å². The monoisotopic (exact) mass is 412 g/mol. The number of allylic oxidation sites excluding steroid dienone is 1. The summed E-state index contributed by atoms with van der Waals surface area (Å²) in [5.74, 6) is 0. The van der Waals surface area contributed by atoms with Gasteiger partial charge in [-0.1, -0.05) is 6.08 Å². The Bertz CT molecular complexity index is 497. The number of carbonyl (C=O) groups is 2. The molecule has 7 heteroatoms. The Morgan fingerprint density at radius 3 is 1.69 bits per heavy atom. The molecule has 7 nitrogen and oxygen atoms in total. The average Bonchev–Trinajstić information content (AvgIpc) is 2.66. The van der Waals surface area contributed by atoms with Gasteiger partial charge in [0.2, 0.25) is 0 Å². The summed E-state index contributed by atoms with van der Waals surface area (Å²) >= 11 is 0. The Morgan fingerprint density at radius 1 is 0.862 bits per heavy atom. The van der Waals surface area contributed by atoms with Crippen molar-refractivity contribution in [3.05, 3.63) is 12.7 Å². The minimum absolute atomic E-state index is 0.324. The first-order valence-electron chi connectivity index (χ1n) is 10.8. The van der Waals surface area contributed by atoms with Gasteiger partial charge in [-0.25, -0.2) is 9.59 Å². The van der Waals surface area contributed by atoms with E-state index in [1.165, 1.54) is 4.90 Å². The van der Waals surface area contributed by atoms with Crippen LogP contribution in [0.4, 0.5) is 9.59 Å². The smallest absolute Gasteiger partial charge is 0.410 e. The van der Waals surface area contributed by atoms with Crippen molar-refractivity contribution in [1.29, 1.82) is 0 Å². The lowest BCUT2D eigenvalue weighted by Crippen LogP contribution is -3.13. The predicted molar refractivity (Wildman–Crippen MR) is 115 cm³/mol. The van der Waals surface area contributed by atoms with Crippen LogP contribution in [0, 0.1) is 0 Å². The first-order valence-corrected chi connectivity index (χ1v) is 10.8. The zero-order valence-corrected chi connectivity index (χ0v) is 19.4. The molecule has 1 aliphatic rings. The van der Waals surface area contributed by atoms with E-state index in [-0.39, 0.29) is 12.2 Å². The van der Waals surface area contributed by atoms with Gasteiger partial charge in [-0.05, 0) is 60.8 Å². The van der Waals surface area contributed by atoms with E-state index in [4.69, 9.17) is 9.47 Å². The van der Waals surface area contributed by atoms with Crippen LogP contribution < -0.4 is 4.90 Å². The number of amides is 2. The summed E-state index contributed by atoms with van der Waals surface area (Å²) < 4.78 is 11.1. The van der Waals surface area contributed by atoms with Gasteiger partial charge in [0.25, 0.3) is 0 Å². The van der Waals surface area contributed by atoms with Crippen LogP contribution in [0.2, 0.25) is 0 Å². The van der Waals surface area contributed by atoms with Gasteiger partial charge in [0, 0.05) is 13.1 Å². The van der Waals surface area contributed by atoms with Crippen LogP contribution in [-0.4, -0.2) is 79.0 Å². The van der Waals surface area contributed by atoms with E-state index in [9.17, 15) is 9.59 Å². The molecule has 0 aromatic carbocycles. The molecule has 168 valence electrons. The number of quaternary nitrogens is 1. The second-order valence-corrected chi connectivity index (χ2v) is 9.72. The Balaban J connectivity index is 2.84. The number of carbonyl (C=O) groups excluding carboxylic acids is 2. The van der Waals surface area contributed by atoms with Crippen LogP contribution in [0.25, 0.3) is 0 Å². The number of hydrogen-bond donors (Lipinski definition) is 1. The zero-order valence-electron chi connectivity index (χ0n) is 19.4. The molecule has 1 aliphatic heterocycles. The molecular weight excluding hydrogens is 370 g/mol. The molecule has 2 amide bonds. The van der Waals surface area contributed by atoms with Crippen LogP contribution in [0.5, 0.6) is 0 Å². The number of nitrogens with zero attached hydrogens (tertiary/aromatic N) is 2. The highest BCUT2D eigenvalue weighted by Gasteiger charge is 2.28. The fraction of sp³-hybridized carbons (Fsp3) is 0.818. The first-order chi connectivity index (χ1) is 13.4. The fourth-order valence-electron chi connectivity index (χ4n) is 3.11. The van der Waals surface area contributed by atoms with Gasteiger partial charge >= 0.3 is 12.2 Å². The number of rotatable bonds is 5. The van der Waals surface area contributed by atoms with Gasteiger partial charge in [0.05, 0.1) is 32.7 Å². The van der Waals surface area contributed by atoms with Crippen molar-refractivity contribution in [2.24, 2.45) is 0 Å². The van der Waals surface area contributed by atoms with E-state index in [1.807, 2.05) is 47.6 Å². The normalized spacial score (nSPS) is 17.2. The van der Waals surface area contributed by atoms with Crippen LogP contribution in [0.15, 0.2) is 12.7 Å². The van der Waals surface area contributed by atoms with E-state index >= 15 is 0 Å². The van der Waals surface area contributed by atoms with E-state index in [2.05, 4.69) is 6.58 Å². The zero-order chi connectivity index (χ0) is 22.1. The number of hydrogen-bond acceptors (Lipinski definition) is 4. The maximum Gasteiger partial charge on any atom is 0.410 e. The number of nitrogens with one attached hydrogen (secondary N) is 1. The molecule has 1 saturated heterocycles. The van der Waals surface area contributed by atoms with Gasteiger partial charge in [0.1, 0.15) is 11.2 Å². The highest BCUT2D eigenvalue weighted by Crippen LogP contribution is 2.12. The largest absolute Gasteiger partial charge is 0.444 e. The van der Waals surface area contributed by atoms with Crippen LogP contribution in [0.3, 0.4) is 0 Å². The first kappa shape index (κ1) is 25.3. The van der Waals surface area contributed by atoms with Crippen molar-refractivity contribution in [1.82, 2.24) is 9.80 Å². The molecule has 0 spiro atoms. The Kier molecular flexibility index (Phi) is 9.96. The molecular formula is C22H42N3O4+. The Morgan fingerprint density at radius 2 is 1.31 bits per heavy atom. The van der Waals surface area contributed by atoms with Crippen molar-refractivity contribution >= 4 is 12.2 Å². The summed E-state index contributed by atoms with van der Waals surface area (Å²) in [6, 6.07) is 0. The topological polar surface area (TPSA) is 63.5 Å². The molecule has 1 rings (SSSR count). The second kappa shape index (κ2) is 11.4. The van der Waals surface area contributed by atoms with Gasteiger partial charge in [-0.3, -0.25) is 0 Å². The molecule has 0 atom stereocenters. The van der Waals surface area contributed by atoms with Crippen LogP contribution >= 0.6 is 0 Å². The summed E-state index contributed by atoms with van der Waals surface area (Å²) in [5, 5.41) is 0. The lowest BCUT2D eigenvalue weighted by molar-refractivity contribution is -0.898. The SMILES string of the molecule is C=CCCCC[NH+]1CCN(C(=O)OC(C)(C)C)CCN(C(=O)OC(C)(C)C)CC1. The van der Waals surface area contributed by atoms with E-state index in [1.54, 1.807) is 9.80 Å². The van der Waals surface area contributed by atoms with E-state index in [0.717, 1.165) is 38.9 Å². The van der Waals surface area contributed by atoms with E-state index in [0.29, 0.717) is 26.2 Å². The van der Waals surface area contributed by atoms with Crippen molar-refractivity contribution in [2.45, 2.75) is 72.0 Å². The van der Waals surface area contributed by atoms with Gasteiger partial charge in [-0.2, -0.15) is 0 Å². The molecule has 0 radical (unpaired) electrons. The molecule has 0 saturated carbocycles. The minimum Gasteiger partial charge on any atom is -0.444 e. The maximum atomic E-state index is 12.7. The molecule has 0 unspecified atom stereocenters. The number of unbranched alkanes of at least 4 members (excludes halogenated alkanes) is 2.